The number of aliphatic hydroxyl groups is 1. The molecule has 1 spiro atoms. The number of fused-ring (bicyclic) bond motifs is 1. The lowest BCUT2D eigenvalue weighted by molar-refractivity contribution is -0.233. The number of nitrogens with zero attached hydrogens (tertiary/aromatic N) is 2. The van der Waals surface area contributed by atoms with Gasteiger partial charge >= 0.3 is 5.97 Å². The van der Waals surface area contributed by atoms with Crippen molar-refractivity contribution in [3.05, 3.63) is 35.9 Å². The summed E-state index contributed by atoms with van der Waals surface area (Å²) < 4.78 is 17.8. The second-order valence-electron chi connectivity index (χ2n) is 10.5. The molecule has 4 aliphatic rings. The summed E-state index contributed by atoms with van der Waals surface area (Å²) in [4.78, 5) is 17.2. The van der Waals surface area contributed by atoms with Crippen LogP contribution >= 0.6 is 0 Å². The third kappa shape index (κ3) is 2.90. The minimum atomic E-state index is -1.40. The van der Waals surface area contributed by atoms with E-state index in [4.69, 9.17) is 14.2 Å². The number of benzene rings is 1. The minimum absolute atomic E-state index is 0.105. The van der Waals surface area contributed by atoms with E-state index in [2.05, 4.69) is 47.9 Å². The fourth-order valence-electron chi connectivity index (χ4n) is 7.99. The van der Waals surface area contributed by atoms with Gasteiger partial charge in [0.1, 0.15) is 17.5 Å². The van der Waals surface area contributed by atoms with E-state index in [1.165, 1.54) is 12.5 Å². The zero-order valence-corrected chi connectivity index (χ0v) is 21.0. The van der Waals surface area contributed by atoms with Crippen molar-refractivity contribution in [3.8, 4) is 5.75 Å². The Hall–Kier alpha value is -2.09. The van der Waals surface area contributed by atoms with Gasteiger partial charge in [0.15, 0.2) is 0 Å². The molecule has 0 bridgehead atoms. The van der Waals surface area contributed by atoms with Crippen LogP contribution in [-0.4, -0.2) is 80.2 Å². The second kappa shape index (κ2) is 8.25. The molecule has 1 aliphatic carbocycles. The standard InChI is InChI=1S/C27H38N2O5/c1-6-15-33-17-27(31)23-26(20-10-9-19(32-5)16-21(20)28(23)4)12-14-29-13-8-11-25(7-2,22(26)29)24(27)34-18(3)30/h8-11,16,22-24,31H,6-7,12-15,17H2,1-5H3/t22?,23-,24-,25-,26-,27+/m1/s1. The summed E-state index contributed by atoms with van der Waals surface area (Å²) in [5, 5.41) is 12.8. The van der Waals surface area contributed by atoms with Crippen molar-refractivity contribution in [2.24, 2.45) is 5.41 Å². The minimum Gasteiger partial charge on any atom is -0.497 e. The maximum Gasteiger partial charge on any atom is 0.303 e. The Morgan fingerprint density at radius 1 is 1.26 bits per heavy atom. The van der Waals surface area contributed by atoms with E-state index in [0.29, 0.717) is 6.61 Å². The van der Waals surface area contributed by atoms with Crippen LogP contribution < -0.4 is 9.64 Å². The quantitative estimate of drug-likeness (QED) is 0.373. The lowest BCUT2D eigenvalue weighted by Crippen LogP contribution is -2.80. The van der Waals surface area contributed by atoms with Gasteiger partial charge in [0.2, 0.25) is 0 Å². The maximum atomic E-state index is 12.8. The van der Waals surface area contributed by atoms with Gasteiger partial charge in [-0.3, -0.25) is 9.69 Å². The van der Waals surface area contributed by atoms with E-state index < -0.39 is 17.1 Å². The third-order valence-electron chi connectivity index (χ3n) is 8.90. The molecule has 3 heterocycles. The van der Waals surface area contributed by atoms with Crippen LogP contribution in [0.25, 0.3) is 0 Å². The van der Waals surface area contributed by atoms with E-state index in [-0.39, 0.29) is 30.1 Å². The van der Waals surface area contributed by atoms with E-state index in [1.807, 2.05) is 13.1 Å². The molecule has 1 N–H and O–H groups in total. The predicted octanol–water partition coefficient (Wildman–Crippen LogP) is 2.89. The topological polar surface area (TPSA) is 71.5 Å². The van der Waals surface area contributed by atoms with Crippen LogP contribution in [0.1, 0.15) is 45.6 Å². The zero-order valence-electron chi connectivity index (χ0n) is 21.0. The van der Waals surface area contributed by atoms with Crippen molar-refractivity contribution >= 4 is 11.7 Å². The van der Waals surface area contributed by atoms with Crippen molar-refractivity contribution in [3.63, 3.8) is 0 Å². The first kappa shape index (κ1) is 23.6. The summed E-state index contributed by atoms with van der Waals surface area (Å²) in [7, 11) is 3.73. The second-order valence-corrected chi connectivity index (χ2v) is 10.5. The molecule has 5 rings (SSSR count). The average Bonchev–Trinajstić information content (AvgIpc) is 3.33. The molecule has 0 amide bonds. The first-order valence-electron chi connectivity index (χ1n) is 12.6. The van der Waals surface area contributed by atoms with Gasteiger partial charge < -0.3 is 24.2 Å². The highest BCUT2D eigenvalue weighted by atomic mass is 16.6. The van der Waals surface area contributed by atoms with E-state index in [9.17, 15) is 9.90 Å². The highest BCUT2D eigenvalue weighted by Crippen LogP contribution is 2.67. The zero-order chi connectivity index (χ0) is 24.3. The Balaban J connectivity index is 1.78. The molecular weight excluding hydrogens is 432 g/mol. The molecule has 0 aromatic heterocycles. The highest BCUT2D eigenvalue weighted by molar-refractivity contribution is 5.71. The number of carbonyl (C=O) groups excluding carboxylic acids is 1. The smallest absolute Gasteiger partial charge is 0.303 e. The SMILES string of the molecule is CCCOC[C@@]1(O)[C@H](OC(C)=O)[C@]2(CC)C=CCN3CC[C@@]4(c5ccc(OC)cc5N(C)[C@@H]14)C32. The van der Waals surface area contributed by atoms with Crippen molar-refractivity contribution in [1.82, 2.24) is 4.90 Å². The van der Waals surface area contributed by atoms with Gasteiger partial charge in [-0.25, -0.2) is 0 Å². The number of ether oxygens (including phenoxy) is 3. The molecule has 2 fully saturated rings. The summed E-state index contributed by atoms with van der Waals surface area (Å²) in [5.41, 5.74) is 0.0769. The Bertz CT molecular complexity index is 997. The summed E-state index contributed by atoms with van der Waals surface area (Å²) in [6.45, 7) is 8.11. The van der Waals surface area contributed by atoms with Gasteiger partial charge in [0, 0.05) is 55.7 Å². The number of carbonyl (C=O) groups is 1. The number of esters is 1. The predicted molar refractivity (Wildman–Crippen MR) is 130 cm³/mol. The highest BCUT2D eigenvalue weighted by Gasteiger charge is 2.77. The van der Waals surface area contributed by atoms with E-state index in [1.54, 1.807) is 7.11 Å². The normalized spacial score (nSPS) is 37.8. The van der Waals surface area contributed by atoms with Gasteiger partial charge in [-0.1, -0.05) is 32.1 Å². The van der Waals surface area contributed by atoms with Crippen LogP contribution in [0.15, 0.2) is 30.4 Å². The maximum absolute atomic E-state index is 12.8. The molecule has 1 aromatic rings. The first-order chi connectivity index (χ1) is 16.3. The van der Waals surface area contributed by atoms with Crippen molar-refractivity contribution in [1.29, 1.82) is 0 Å². The molecule has 1 aromatic carbocycles. The molecule has 1 saturated carbocycles. The fraction of sp³-hybridized carbons (Fsp3) is 0.667. The third-order valence-corrected chi connectivity index (χ3v) is 8.90. The molecule has 3 aliphatic heterocycles. The molecule has 1 saturated heterocycles. The molecule has 7 nitrogen and oxygen atoms in total. The van der Waals surface area contributed by atoms with Gasteiger partial charge in [-0.15, -0.1) is 0 Å². The summed E-state index contributed by atoms with van der Waals surface area (Å²) in [5.74, 6) is 0.422. The Kier molecular flexibility index (Phi) is 5.73. The Morgan fingerprint density at radius 2 is 2.06 bits per heavy atom. The average molecular weight is 471 g/mol. The molecule has 186 valence electrons. The number of rotatable bonds is 7. The molecule has 7 heteroatoms. The van der Waals surface area contributed by atoms with Crippen LogP contribution in [0.4, 0.5) is 5.69 Å². The van der Waals surface area contributed by atoms with Crippen molar-refractivity contribution < 1.29 is 24.1 Å². The summed E-state index contributed by atoms with van der Waals surface area (Å²) >= 11 is 0. The summed E-state index contributed by atoms with van der Waals surface area (Å²) in [6.07, 6.45) is 6.24. The van der Waals surface area contributed by atoms with Crippen LogP contribution in [0.2, 0.25) is 0 Å². The van der Waals surface area contributed by atoms with Gasteiger partial charge in [0.25, 0.3) is 0 Å². The number of methoxy groups -OCH3 is 1. The molecule has 0 radical (unpaired) electrons. The molecular formula is C27H38N2O5. The van der Waals surface area contributed by atoms with Gasteiger partial charge in [-0.05, 0) is 37.4 Å². The van der Waals surface area contributed by atoms with Gasteiger partial charge in [-0.2, -0.15) is 0 Å². The number of hydrogen-bond acceptors (Lipinski definition) is 7. The molecule has 1 unspecified atom stereocenters. The number of anilines is 1. The lowest BCUT2D eigenvalue weighted by Gasteiger charge is -2.64. The molecule has 6 atom stereocenters. The van der Waals surface area contributed by atoms with Gasteiger partial charge in [0.05, 0.1) is 19.8 Å². The largest absolute Gasteiger partial charge is 0.497 e. The first-order valence-corrected chi connectivity index (χ1v) is 12.6. The number of likely N-dealkylation sites (N-methyl/N-ethyl adjacent to an activating group) is 1. The van der Waals surface area contributed by atoms with E-state index in [0.717, 1.165) is 43.8 Å². The number of hydrogen-bond donors (Lipinski definition) is 1. The van der Waals surface area contributed by atoms with Crippen molar-refractivity contribution in [2.75, 3.05) is 45.4 Å². The van der Waals surface area contributed by atoms with Crippen LogP contribution in [-0.2, 0) is 19.7 Å². The monoisotopic (exact) mass is 470 g/mol. The van der Waals surface area contributed by atoms with Crippen molar-refractivity contribution in [2.45, 2.75) is 69.2 Å². The van der Waals surface area contributed by atoms with Crippen LogP contribution in [0.5, 0.6) is 5.75 Å². The van der Waals surface area contributed by atoms with Crippen LogP contribution in [0, 0.1) is 5.41 Å². The lowest BCUT2D eigenvalue weighted by atomic mass is 9.48. The fourth-order valence-corrected chi connectivity index (χ4v) is 7.99. The summed E-state index contributed by atoms with van der Waals surface area (Å²) in [6, 6.07) is 6.10. The Labute approximate surface area is 202 Å². The van der Waals surface area contributed by atoms with E-state index >= 15 is 0 Å². The van der Waals surface area contributed by atoms with Crippen LogP contribution in [0.3, 0.4) is 0 Å². The Morgan fingerprint density at radius 3 is 2.74 bits per heavy atom. The molecule has 34 heavy (non-hydrogen) atoms.